The molecule has 0 saturated heterocycles. The first kappa shape index (κ1) is 10.2. The van der Waals surface area contributed by atoms with Crippen molar-refractivity contribution in [2.75, 3.05) is 0 Å². The van der Waals surface area contributed by atoms with Gasteiger partial charge in [0.25, 0.3) is 0 Å². The van der Waals surface area contributed by atoms with Gasteiger partial charge in [0.15, 0.2) is 5.82 Å². The lowest BCUT2D eigenvalue weighted by molar-refractivity contribution is 0.116. The van der Waals surface area contributed by atoms with E-state index in [9.17, 15) is 5.11 Å². The van der Waals surface area contributed by atoms with E-state index < -0.39 is 6.10 Å². The predicted molar refractivity (Wildman–Crippen MR) is 48.2 cm³/mol. The number of rotatable bonds is 4. The van der Waals surface area contributed by atoms with E-state index in [2.05, 4.69) is 10.1 Å². The van der Waals surface area contributed by atoms with Crippen LogP contribution < -0.4 is 0 Å². The van der Waals surface area contributed by atoms with Crippen LogP contribution in [0, 0.1) is 5.92 Å². The van der Waals surface area contributed by atoms with Crippen molar-refractivity contribution in [2.24, 2.45) is 5.92 Å². The highest BCUT2D eigenvalue weighted by Crippen LogP contribution is 2.08. The lowest BCUT2D eigenvalue weighted by atomic mass is 10.0. The lowest BCUT2D eigenvalue weighted by Gasteiger charge is -2.10. The second kappa shape index (κ2) is 4.37. The van der Waals surface area contributed by atoms with Crippen LogP contribution in [-0.2, 0) is 12.8 Å². The van der Waals surface area contributed by atoms with E-state index in [4.69, 9.17) is 4.52 Å². The Bertz CT molecular complexity index is 258. The van der Waals surface area contributed by atoms with Crippen molar-refractivity contribution >= 4 is 0 Å². The van der Waals surface area contributed by atoms with Gasteiger partial charge >= 0.3 is 0 Å². The molecule has 4 heteroatoms. The monoisotopic (exact) mass is 184 g/mol. The van der Waals surface area contributed by atoms with Crippen molar-refractivity contribution in [1.82, 2.24) is 10.1 Å². The van der Waals surface area contributed by atoms with Gasteiger partial charge in [-0.3, -0.25) is 0 Å². The predicted octanol–water partition coefficient (Wildman–Crippen LogP) is 1.19. The molecule has 0 spiro atoms. The van der Waals surface area contributed by atoms with Crippen LogP contribution in [-0.4, -0.2) is 21.4 Å². The summed E-state index contributed by atoms with van der Waals surface area (Å²) < 4.78 is 4.96. The highest BCUT2D eigenvalue weighted by molar-refractivity contribution is 4.87. The summed E-state index contributed by atoms with van der Waals surface area (Å²) in [4.78, 5) is 4.11. The van der Waals surface area contributed by atoms with Gasteiger partial charge in [-0.25, -0.2) is 0 Å². The van der Waals surface area contributed by atoms with E-state index in [1.54, 1.807) is 0 Å². The molecule has 0 aliphatic heterocycles. The Hall–Kier alpha value is -0.900. The van der Waals surface area contributed by atoms with Crippen LogP contribution >= 0.6 is 0 Å². The van der Waals surface area contributed by atoms with Crippen molar-refractivity contribution in [3.63, 3.8) is 0 Å². The van der Waals surface area contributed by atoms with Gasteiger partial charge in [-0.05, 0) is 5.92 Å². The molecule has 4 nitrogen and oxygen atoms in total. The zero-order chi connectivity index (χ0) is 9.84. The van der Waals surface area contributed by atoms with Crippen LogP contribution in [0.1, 0.15) is 32.5 Å². The van der Waals surface area contributed by atoms with E-state index >= 15 is 0 Å². The summed E-state index contributed by atoms with van der Waals surface area (Å²) >= 11 is 0. The normalized spacial score (nSPS) is 13.6. The fourth-order valence-electron chi connectivity index (χ4n) is 0.931. The topological polar surface area (TPSA) is 59.2 Å². The Labute approximate surface area is 78.0 Å². The fourth-order valence-corrected chi connectivity index (χ4v) is 0.931. The average Bonchev–Trinajstić information content (AvgIpc) is 2.52. The SMILES string of the molecule is CCc1noc(CC(O)C(C)C)n1. The van der Waals surface area contributed by atoms with Gasteiger partial charge in [0.05, 0.1) is 12.5 Å². The summed E-state index contributed by atoms with van der Waals surface area (Å²) in [5, 5.41) is 13.3. The third-order valence-corrected chi connectivity index (χ3v) is 1.98. The molecule has 1 atom stereocenters. The zero-order valence-corrected chi connectivity index (χ0v) is 8.32. The molecule has 1 aromatic rings. The van der Waals surface area contributed by atoms with E-state index in [1.165, 1.54) is 0 Å². The number of aliphatic hydroxyl groups is 1. The quantitative estimate of drug-likeness (QED) is 0.763. The summed E-state index contributed by atoms with van der Waals surface area (Å²) in [5.74, 6) is 1.45. The minimum Gasteiger partial charge on any atom is -0.392 e. The van der Waals surface area contributed by atoms with Crippen LogP contribution in [0.3, 0.4) is 0 Å². The van der Waals surface area contributed by atoms with Crippen LogP contribution in [0.2, 0.25) is 0 Å². The van der Waals surface area contributed by atoms with Crippen LogP contribution in [0.5, 0.6) is 0 Å². The second-order valence-corrected chi connectivity index (χ2v) is 3.47. The Balaban J connectivity index is 2.53. The number of hydrogen-bond donors (Lipinski definition) is 1. The van der Waals surface area contributed by atoms with Crippen molar-refractivity contribution < 1.29 is 9.63 Å². The summed E-state index contributed by atoms with van der Waals surface area (Å²) in [5.41, 5.74) is 0. The van der Waals surface area contributed by atoms with Gasteiger partial charge in [-0.2, -0.15) is 4.98 Å². The van der Waals surface area contributed by atoms with Gasteiger partial charge in [0.1, 0.15) is 0 Å². The molecule has 1 N–H and O–H groups in total. The Kier molecular flexibility index (Phi) is 3.42. The molecule has 0 bridgehead atoms. The summed E-state index contributed by atoms with van der Waals surface area (Å²) in [7, 11) is 0. The number of nitrogens with zero attached hydrogens (tertiary/aromatic N) is 2. The molecule has 1 unspecified atom stereocenters. The van der Waals surface area contributed by atoms with E-state index in [-0.39, 0.29) is 5.92 Å². The van der Waals surface area contributed by atoms with Crippen LogP contribution in [0.15, 0.2) is 4.52 Å². The van der Waals surface area contributed by atoms with Gasteiger partial charge in [-0.15, -0.1) is 0 Å². The Morgan fingerprint density at radius 2 is 2.15 bits per heavy atom. The van der Waals surface area contributed by atoms with Crippen LogP contribution in [0.25, 0.3) is 0 Å². The van der Waals surface area contributed by atoms with Crippen molar-refractivity contribution in [3.05, 3.63) is 11.7 Å². The first-order valence-electron chi connectivity index (χ1n) is 4.63. The minimum absolute atomic E-state index is 0.219. The number of aromatic nitrogens is 2. The van der Waals surface area contributed by atoms with Crippen molar-refractivity contribution in [1.29, 1.82) is 0 Å². The van der Waals surface area contributed by atoms with E-state index in [1.807, 2.05) is 20.8 Å². The maximum absolute atomic E-state index is 9.53. The molecule has 0 amide bonds. The third-order valence-electron chi connectivity index (χ3n) is 1.98. The fraction of sp³-hybridized carbons (Fsp3) is 0.778. The van der Waals surface area contributed by atoms with Crippen molar-refractivity contribution in [3.8, 4) is 0 Å². The highest BCUT2D eigenvalue weighted by Gasteiger charge is 2.14. The zero-order valence-electron chi connectivity index (χ0n) is 8.32. The minimum atomic E-state index is -0.398. The molecule has 0 radical (unpaired) electrons. The lowest BCUT2D eigenvalue weighted by Crippen LogP contribution is -2.17. The third kappa shape index (κ3) is 2.81. The second-order valence-electron chi connectivity index (χ2n) is 3.47. The first-order chi connectivity index (χ1) is 6.13. The number of aryl methyl sites for hydroxylation is 1. The summed E-state index contributed by atoms with van der Waals surface area (Å²) in [6.07, 6.45) is 0.816. The highest BCUT2D eigenvalue weighted by atomic mass is 16.5. The number of hydrogen-bond acceptors (Lipinski definition) is 4. The maximum Gasteiger partial charge on any atom is 0.229 e. The van der Waals surface area contributed by atoms with Gasteiger partial charge in [0, 0.05) is 6.42 Å². The molecule has 0 aliphatic carbocycles. The first-order valence-corrected chi connectivity index (χ1v) is 4.63. The molecule has 0 fully saturated rings. The molecule has 0 aromatic carbocycles. The molecule has 0 aliphatic rings. The van der Waals surface area contributed by atoms with Gasteiger partial charge in [-0.1, -0.05) is 25.9 Å². The Morgan fingerprint density at radius 3 is 2.62 bits per heavy atom. The van der Waals surface area contributed by atoms with E-state index in [0.717, 1.165) is 6.42 Å². The smallest absolute Gasteiger partial charge is 0.229 e. The molecule has 13 heavy (non-hydrogen) atoms. The van der Waals surface area contributed by atoms with E-state index in [0.29, 0.717) is 18.1 Å². The molecule has 0 saturated carbocycles. The van der Waals surface area contributed by atoms with Crippen molar-refractivity contribution in [2.45, 2.75) is 39.7 Å². The standard InChI is InChI=1S/C9H16N2O2/c1-4-8-10-9(13-11-8)5-7(12)6(2)3/h6-7,12H,4-5H2,1-3H3. The van der Waals surface area contributed by atoms with Gasteiger partial charge < -0.3 is 9.63 Å². The Morgan fingerprint density at radius 1 is 1.46 bits per heavy atom. The maximum atomic E-state index is 9.53. The van der Waals surface area contributed by atoms with Gasteiger partial charge in [0.2, 0.25) is 5.89 Å². The molecule has 1 heterocycles. The molecule has 74 valence electrons. The summed E-state index contributed by atoms with van der Waals surface area (Å²) in [6, 6.07) is 0. The summed E-state index contributed by atoms with van der Waals surface area (Å²) in [6.45, 7) is 5.89. The number of aliphatic hydroxyl groups excluding tert-OH is 1. The average molecular weight is 184 g/mol. The molecular weight excluding hydrogens is 168 g/mol. The molecule has 1 rings (SSSR count). The largest absolute Gasteiger partial charge is 0.392 e. The molecule has 1 aromatic heterocycles. The molecular formula is C9H16N2O2. The van der Waals surface area contributed by atoms with Crippen LogP contribution in [0.4, 0.5) is 0 Å².